The van der Waals surface area contributed by atoms with Crippen molar-refractivity contribution in [3.8, 4) is 0 Å². The molecule has 0 aliphatic heterocycles. The van der Waals surface area contributed by atoms with Gasteiger partial charge in [0, 0.05) is 6.42 Å². The van der Waals surface area contributed by atoms with Gasteiger partial charge in [-0.15, -0.1) is 0 Å². The summed E-state index contributed by atoms with van der Waals surface area (Å²) in [7, 11) is 0. The Morgan fingerprint density at radius 2 is 2.00 bits per heavy atom. The molecule has 2 saturated carbocycles. The van der Waals surface area contributed by atoms with Gasteiger partial charge < -0.3 is 5.73 Å². The SMILES string of the molecule is CC(N)(C(=O)CC1CCC1)C1CC1. The van der Waals surface area contributed by atoms with Gasteiger partial charge in [-0.1, -0.05) is 19.3 Å². The van der Waals surface area contributed by atoms with Crippen LogP contribution in [-0.4, -0.2) is 11.3 Å². The molecule has 0 radical (unpaired) electrons. The van der Waals surface area contributed by atoms with Gasteiger partial charge in [-0.05, 0) is 31.6 Å². The van der Waals surface area contributed by atoms with Crippen molar-refractivity contribution in [1.82, 2.24) is 0 Å². The van der Waals surface area contributed by atoms with Crippen LogP contribution in [0.15, 0.2) is 0 Å². The van der Waals surface area contributed by atoms with Gasteiger partial charge in [0.05, 0.1) is 5.54 Å². The average Bonchev–Trinajstić information content (AvgIpc) is 2.77. The Balaban J connectivity index is 1.86. The van der Waals surface area contributed by atoms with E-state index in [4.69, 9.17) is 5.73 Å². The van der Waals surface area contributed by atoms with E-state index in [-0.39, 0.29) is 0 Å². The highest BCUT2D eigenvalue weighted by Gasteiger charge is 2.44. The number of rotatable bonds is 4. The number of ketones is 1. The predicted octanol–water partition coefficient (Wildman–Crippen LogP) is 1.87. The van der Waals surface area contributed by atoms with Crippen LogP contribution in [0.25, 0.3) is 0 Å². The lowest BCUT2D eigenvalue weighted by molar-refractivity contribution is -0.125. The molecule has 2 aliphatic carbocycles. The quantitative estimate of drug-likeness (QED) is 0.719. The molecule has 1 unspecified atom stereocenters. The molecule has 0 aromatic heterocycles. The Morgan fingerprint density at radius 1 is 1.38 bits per heavy atom. The normalized spacial score (nSPS) is 27.8. The van der Waals surface area contributed by atoms with Crippen LogP contribution in [0.1, 0.15) is 45.4 Å². The minimum Gasteiger partial charge on any atom is -0.319 e. The Hall–Kier alpha value is -0.370. The highest BCUT2D eigenvalue weighted by Crippen LogP contribution is 2.40. The van der Waals surface area contributed by atoms with Crippen LogP contribution in [-0.2, 0) is 4.79 Å². The van der Waals surface area contributed by atoms with E-state index in [0.29, 0.717) is 17.6 Å². The number of Topliss-reactive ketones (excluding diaryl/α,β-unsaturated/α-hetero) is 1. The van der Waals surface area contributed by atoms with Gasteiger partial charge in [-0.25, -0.2) is 0 Å². The fourth-order valence-electron chi connectivity index (χ4n) is 2.09. The molecule has 0 spiro atoms. The maximum Gasteiger partial charge on any atom is 0.152 e. The van der Waals surface area contributed by atoms with Crippen LogP contribution >= 0.6 is 0 Å². The van der Waals surface area contributed by atoms with E-state index >= 15 is 0 Å². The van der Waals surface area contributed by atoms with E-state index in [9.17, 15) is 4.79 Å². The standard InChI is InChI=1S/C11H19NO/c1-11(12,9-5-6-9)10(13)7-8-3-2-4-8/h8-9H,2-7,12H2,1H3. The maximum atomic E-state index is 11.8. The smallest absolute Gasteiger partial charge is 0.152 e. The molecule has 1 atom stereocenters. The van der Waals surface area contributed by atoms with Gasteiger partial charge >= 0.3 is 0 Å². The second kappa shape index (κ2) is 3.09. The first kappa shape index (κ1) is 9.20. The zero-order valence-electron chi connectivity index (χ0n) is 8.38. The average molecular weight is 181 g/mol. The summed E-state index contributed by atoms with van der Waals surface area (Å²) in [5, 5.41) is 0. The molecule has 13 heavy (non-hydrogen) atoms. The van der Waals surface area contributed by atoms with Gasteiger partial charge in [-0.3, -0.25) is 4.79 Å². The monoisotopic (exact) mass is 181 g/mol. The fraction of sp³-hybridized carbons (Fsp3) is 0.909. The molecule has 0 aromatic rings. The van der Waals surface area contributed by atoms with Gasteiger partial charge in [0.15, 0.2) is 5.78 Å². The second-order valence-electron chi connectivity index (χ2n) is 4.98. The van der Waals surface area contributed by atoms with Gasteiger partial charge in [0.25, 0.3) is 0 Å². The molecule has 2 rings (SSSR count). The van der Waals surface area contributed by atoms with Gasteiger partial charge in [0.1, 0.15) is 0 Å². The third-order valence-electron chi connectivity index (χ3n) is 3.73. The summed E-state index contributed by atoms with van der Waals surface area (Å²) in [4.78, 5) is 11.8. The van der Waals surface area contributed by atoms with E-state index in [1.54, 1.807) is 0 Å². The highest BCUT2D eigenvalue weighted by atomic mass is 16.1. The first-order chi connectivity index (χ1) is 6.10. The first-order valence-electron chi connectivity index (χ1n) is 5.43. The van der Waals surface area contributed by atoms with E-state index in [1.165, 1.54) is 19.3 Å². The summed E-state index contributed by atoms with van der Waals surface area (Å²) in [6.07, 6.45) is 6.85. The Bertz CT molecular complexity index is 214. The molecule has 74 valence electrons. The third kappa shape index (κ3) is 1.78. The molecule has 0 aromatic carbocycles. The van der Waals surface area contributed by atoms with Crippen molar-refractivity contribution >= 4 is 5.78 Å². The molecule has 2 nitrogen and oxygen atoms in total. The number of carbonyl (C=O) groups is 1. The minimum atomic E-state index is -0.504. The molecule has 0 amide bonds. The van der Waals surface area contributed by atoms with Crippen LogP contribution in [0.4, 0.5) is 0 Å². The third-order valence-corrected chi connectivity index (χ3v) is 3.73. The first-order valence-corrected chi connectivity index (χ1v) is 5.43. The van der Waals surface area contributed by atoms with E-state index in [1.807, 2.05) is 6.92 Å². The summed E-state index contributed by atoms with van der Waals surface area (Å²) in [5.74, 6) is 1.45. The molecule has 0 bridgehead atoms. The highest BCUT2D eigenvalue weighted by molar-refractivity contribution is 5.88. The van der Waals surface area contributed by atoms with Crippen molar-refractivity contribution in [3.05, 3.63) is 0 Å². The summed E-state index contributed by atoms with van der Waals surface area (Å²) < 4.78 is 0. The van der Waals surface area contributed by atoms with E-state index in [2.05, 4.69) is 0 Å². The molecule has 2 aliphatic rings. The molecule has 2 fully saturated rings. The zero-order chi connectivity index (χ0) is 9.47. The van der Waals surface area contributed by atoms with Crippen LogP contribution in [0, 0.1) is 11.8 Å². The van der Waals surface area contributed by atoms with Gasteiger partial charge in [0.2, 0.25) is 0 Å². The Kier molecular flexibility index (Phi) is 2.18. The molecule has 2 heteroatoms. The summed E-state index contributed by atoms with van der Waals surface area (Å²) in [5.41, 5.74) is 5.54. The molecule has 0 heterocycles. The minimum absolute atomic E-state index is 0.305. The van der Waals surface area contributed by atoms with Crippen molar-refractivity contribution in [2.75, 3.05) is 0 Å². The molecular formula is C11H19NO. The molecule has 0 saturated heterocycles. The topological polar surface area (TPSA) is 43.1 Å². The van der Waals surface area contributed by atoms with Gasteiger partial charge in [-0.2, -0.15) is 0 Å². The van der Waals surface area contributed by atoms with E-state index in [0.717, 1.165) is 19.3 Å². The van der Waals surface area contributed by atoms with Crippen LogP contribution in [0.5, 0.6) is 0 Å². The Morgan fingerprint density at radius 3 is 2.38 bits per heavy atom. The van der Waals surface area contributed by atoms with Crippen molar-refractivity contribution in [2.24, 2.45) is 17.6 Å². The molecule has 2 N–H and O–H groups in total. The number of nitrogens with two attached hydrogens (primary N) is 1. The van der Waals surface area contributed by atoms with Crippen molar-refractivity contribution in [2.45, 2.75) is 51.0 Å². The lowest BCUT2D eigenvalue weighted by Crippen LogP contribution is -2.48. The number of carbonyl (C=O) groups excluding carboxylic acids is 1. The Labute approximate surface area is 79.9 Å². The number of hydrogen-bond acceptors (Lipinski definition) is 2. The zero-order valence-corrected chi connectivity index (χ0v) is 8.38. The number of hydrogen-bond donors (Lipinski definition) is 1. The molecular weight excluding hydrogens is 162 g/mol. The van der Waals surface area contributed by atoms with Crippen LogP contribution in [0.2, 0.25) is 0 Å². The van der Waals surface area contributed by atoms with Crippen molar-refractivity contribution < 1.29 is 4.79 Å². The summed E-state index contributed by atoms with van der Waals surface area (Å²) in [6.45, 7) is 1.92. The van der Waals surface area contributed by atoms with E-state index < -0.39 is 5.54 Å². The lowest BCUT2D eigenvalue weighted by Gasteiger charge is -2.29. The lowest BCUT2D eigenvalue weighted by atomic mass is 9.77. The van der Waals surface area contributed by atoms with Crippen molar-refractivity contribution in [1.29, 1.82) is 0 Å². The summed E-state index contributed by atoms with van der Waals surface area (Å²) in [6, 6.07) is 0. The second-order valence-corrected chi connectivity index (χ2v) is 4.98. The van der Waals surface area contributed by atoms with Crippen LogP contribution in [0.3, 0.4) is 0 Å². The largest absolute Gasteiger partial charge is 0.319 e. The predicted molar refractivity (Wildman–Crippen MR) is 52.3 cm³/mol. The summed E-state index contributed by atoms with van der Waals surface area (Å²) >= 11 is 0. The van der Waals surface area contributed by atoms with Crippen LogP contribution < -0.4 is 5.73 Å². The maximum absolute atomic E-state index is 11.8. The van der Waals surface area contributed by atoms with Crippen molar-refractivity contribution in [3.63, 3.8) is 0 Å². The fourth-order valence-corrected chi connectivity index (χ4v) is 2.09.